The summed E-state index contributed by atoms with van der Waals surface area (Å²) in [7, 11) is 0. The van der Waals surface area contributed by atoms with Crippen LogP contribution in [0.3, 0.4) is 0 Å². The molecule has 0 spiro atoms. The van der Waals surface area contributed by atoms with Crippen LogP contribution >= 0.6 is 27.5 Å². The average Bonchev–Trinajstić information content (AvgIpc) is 2.09. The summed E-state index contributed by atoms with van der Waals surface area (Å²) in [6.45, 7) is 1.65. The maximum atomic E-state index is 9.03. The molecule has 0 radical (unpaired) electrons. The summed E-state index contributed by atoms with van der Waals surface area (Å²) in [5.74, 6) is 0. The number of aliphatic hydroxyl groups is 1. The van der Waals surface area contributed by atoms with Gasteiger partial charge in [0.2, 0.25) is 0 Å². The topological polar surface area (TPSA) is 46.2 Å². The second-order valence-corrected chi connectivity index (χ2v) is 4.47. The van der Waals surface area contributed by atoms with E-state index in [1.54, 1.807) is 13.0 Å². The van der Waals surface area contributed by atoms with Crippen molar-refractivity contribution >= 4 is 27.5 Å². The van der Waals surface area contributed by atoms with Crippen molar-refractivity contribution in [1.82, 2.24) is 0 Å². The van der Waals surface area contributed by atoms with E-state index in [1.807, 2.05) is 12.1 Å². The first-order valence-electron chi connectivity index (χ1n) is 3.82. The highest BCUT2D eigenvalue weighted by Gasteiger charge is 2.20. The minimum Gasteiger partial charge on any atom is -0.394 e. The van der Waals surface area contributed by atoms with Gasteiger partial charge >= 0.3 is 0 Å². The number of aliphatic hydroxyl groups excluding tert-OH is 1. The van der Waals surface area contributed by atoms with Crippen LogP contribution in [0.4, 0.5) is 0 Å². The molecular weight excluding hydrogens is 253 g/mol. The van der Waals surface area contributed by atoms with Crippen molar-refractivity contribution < 1.29 is 5.11 Å². The molecule has 0 saturated heterocycles. The van der Waals surface area contributed by atoms with E-state index in [-0.39, 0.29) is 6.61 Å². The highest BCUT2D eigenvalue weighted by atomic mass is 79.9. The molecule has 0 saturated carbocycles. The molecule has 0 fully saturated rings. The lowest BCUT2D eigenvalue weighted by molar-refractivity contribution is 0.210. The van der Waals surface area contributed by atoms with E-state index in [0.717, 1.165) is 10.0 Å². The summed E-state index contributed by atoms with van der Waals surface area (Å²) in [4.78, 5) is 0. The third-order valence-electron chi connectivity index (χ3n) is 1.91. The molecule has 0 amide bonds. The summed E-state index contributed by atoms with van der Waals surface area (Å²) in [6, 6.07) is 5.41. The van der Waals surface area contributed by atoms with E-state index >= 15 is 0 Å². The van der Waals surface area contributed by atoms with E-state index in [0.29, 0.717) is 5.02 Å². The molecule has 1 unspecified atom stereocenters. The summed E-state index contributed by atoms with van der Waals surface area (Å²) in [5.41, 5.74) is 5.92. The van der Waals surface area contributed by atoms with Gasteiger partial charge < -0.3 is 10.8 Å². The standard InChI is InChI=1S/C9H11BrClNO/c1-9(12,5-13)6-2-3-7(10)8(11)4-6/h2-4,13H,5,12H2,1H3. The fourth-order valence-electron chi connectivity index (χ4n) is 0.943. The van der Waals surface area contributed by atoms with Gasteiger partial charge in [0.05, 0.1) is 17.2 Å². The lowest BCUT2D eigenvalue weighted by Crippen LogP contribution is -2.36. The van der Waals surface area contributed by atoms with Crippen LogP contribution in [0.2, 0.25) is 5.02 Å². The molecule has 3 N–H and O–H groups in total. The third-order valence-corrected chi connectivity index (χ3v) is 3.14. The van der Waals surface area contributed by atoms with Crippen molar-refractivity contribution in [1.29, 1.82) is 0 Å². The maximum absolute atomic E-state index is 9.03. The van der Waals surface area contributed by atoms with E-state index in [1.165, 1.54) is 0 Å². The third kappa shape index (κ3) is 2.44. The van der Waals surface area contributed by atoms with Gasteiger partial charge in [-0.15, -0.1) is 0 Å². The van der Waals surface area contributed by atoms with Gasteiger partial charge in [0.25, 0.3) is 0 Å². The summed E-state index contributed by atoms with van der Waals surface area (Å²) < 4.78 is 0.826. The lowest BCUT2D eigenvalue weighted by Gasteiger charge is -2.22. The molecule has 1 atom stereocenters. The molecule has 0 heterocycles. The Hall–Kier alpha value is -0.0900. The normalized spacial score (nSPS) is 15.5. The molecule has 0 aliphatic carbocycles. The Morgan fingerprint density at radius 3 is 2.69 bits per heavy atom. The van der Waals surface area contributed by atoms with Crippen LogP contribution in [0, 0.1) is 0 Å². The van der Waals surface area contributed by atoms with Crippen molar-refractivity contribution in [3.63, 3.8) is 0 Å². The van der Waals surface area contributed by atoms with Crippen LogP contribution in [0.1, 0.15) is 12.5 Å². The van der Waals surface area contributed by atoms with E-state index in [2.05, 4.69) is 15.9 Å². The smallest absolute Gasteiger partial charge is 0.0650 e. The minimum atomic E-state index is -0.732. The quantitative estimate of drug-likeness (QED) is 0.861. The summed E-state index contributed by atoms with van der Waals surface area (Å²) >= 11 is 9.18. The number of halogens is 2. The first kappa shape index (κ1) is 11.0. The van der Waals surface area contributed by atoms with Gasteiger partial charge in [-0.25, -0.2) is 0 Å². The zero-order chi connectivity index (χ0) is 10.1. The van der Waals surface area contributed by atoms with Gasteiger partial charge in [-0.1, -0.05) is 17.7 Å². The largest absolute Gasteiger partial charge is 0.394 e. The number of rotatable bonds is 2. The van der Waals surface area contributed by atoms with Gasteiger partial charge in [0.15, 0.2) is 0 Å². The predicted octanol–water partition coefficient (Wildman–Crippen LogP) is 2.27. The van der Waals surface area contributed by atoms with Crippen LogP contribution in [0.15, 0.2) is 22.7 Å². The Morgan fingerprint density at radius 1 is 1.62 bits per heavy atom. The SMILES string of the molecule is CC(N)(CO)c1ccc(Br)c(Cl)c1. The van der Waals surface area contributed by atoms with Gasteiger partial charge in [-0.3, -0.25) is 0 Å². The van der Waals surface area contributed by atoms with E-state index in [4.69, 9.17) is 22.4 Å². The Morgan fingerprint density at radius 2 is 2.23 bits per heavy atom. The first-order valence-corrected chi connectivity index (χ1v) is 5.00. The second-order valence-electron chi connectivity index (χ2n) is 3.20. The fraction of sp³-hybridized carbons (Fsp3) is 0.333. The molecule has 72 valence electrons. The Kier molecular flexibility index (Phi) is 3.35. The maximum Gasteiger partial charge on any atom is 0.0650 e. The van der Waals surface area contributed by atoms with Crippen LogP contribution < -0.4 is 5.73 Å². The van der Waals surface area contributed by atoms with Crippen molar-refractivity contribution in [3.8, 4) is 0 Å². The number of benzene rings is 1. The molecule has 0 aliphatic heterocycles. The van der Waals surface area contributed by atoms with E-state index < -0.39 is 5.54 Å². The molecule has 0 bridgehead atoms. The van der Waals surface area contributed by atoms with Gasteiger partial charge in [-0.05, 0) is 40.5 Å². The van der Waals surface area contributed by atoms with Crippen molar-refractivity contribution in [2.75, 3.05) is 6.61 Å². The molecule has 0 aromatic heterocycles. The second kappa shape index (κ2) is 3.96. The first-order chi connectivity index (χ1) is 5.97. The van der Waals surface area contributed by atoms with Crippen LogP contribution in [0.5, 0.6) is 0 Å². The molecule has 1 rings (SSSR count). The van der Waals surface area contributed by atoms with Crippen LogP contribution in [-0.2, 0) is 5.54 Å². The Balaban J connectivity index is 3.10. The van der Waals surface area contributed by atoms with Gasteiger partial charge in [-0.2, -0.15) is 0 Å². The average molecular weight is 265 g/mol. The number of hydrogen-bond acceptors (Lipinski definition) is 2. The lowest BCUT2D eigenvalue weighted by atomic mass is 9.94. The van der Waals surface area contributed by atoms with Crippen molar-refractivity contribution in [2.24, 2.45) is 5.73 Å². The summed E-state index contributed by atoms with van der Waals surface area (Å²) in [5, 5.41) is 9.63. The number of hydrogen-bond donors (Lipinski definition) is 2. The minimum absolute atomic E-state index is 0.106. The van der Waals surface area contributed by atoms with Crippen molar-refractivity contribution in [3.05, 3.63) is 33.3 Å². The monoisotopic (exact) mass is 263 g/mol. The molecule has 4 heteroatoms. The molecule has 13 heavy (non-hydrogen) atoms. The molecule has 1 aromatic rings. The zero-order valence-electron chi connectivity index (χ0n) is 7.22. The Labute approximate surface area is 90.8 Å². The number of nitrogens with two attached hydrogens (primary N) is 1. The van der Waals surface area contributed by atoms with Gasteiger partial charge in [0.1, 0.15) is 0 Å². The fourth-order valence-corrected chi connectivity index (χ4v) is 1.37. The molecule has 1 aromatic carbocycles. The highest BCUT2D eigenvalue weighted by molar-refractivity contribution is 9.10. The molecular formula is C9H11BrClNO. The predicted molar refractivity (Wildman–Crippen MR) is 57.8 cm³/mol. The van der Waals surface area contributed by atoms with E-state index in [9.17, 15) is 0 Å². The molecule has 0 aliphatic rings. The van der Waals surface area contributed by atoms with Crippen LogP contribution in [-0.4, -0.2) is 11.7 Å². The van der Waals surface area contributed by atoms with Gasteiger partial charge in [0, 0.05) is 4.47 Å². The zero-order valence-corrected chi connectivity index (χ0v) is 9.56. The van der Waals surface area contributed by atoms with Crippen molar-refractivity contribution in [2.45, 2.75) is 12.5 Å². The molecule has 2 nitrogen and oxygen atoms in total. The van der Waals surface area contributed by atoms with Crippen LogP contribution in [0.25, 0.3) is 0 Å². The summed E-state index contributed by atoms with van der Waals surface area (Å²) in [6.07, 6.45) is 0. The Bertz CT molecular complexity index is 314. The highest BCUT2D eigenvalue weighted by Crippen LogP contribution is 2.27.